The van der Waals surface area contributed by atoms with Crippen LogP contribution in [0.2, 0.25) is 0 Å². The van der Waals surface area contributed by atoms with Crippen LogP contribution in [0.25, 0.3) is 0 Å². The van der Waals surface area contributed by atoms with Gasteiger partial charge in [-0.3, -0.25) is 19.5 Å². The van der Waals surface area contributed by atoms with Crippen LogP contribution in [0.15, 0.2) is 16.3 Å². The van der Waals surface area contributed by atoms with E-state index in [1.165, 1.54) is 23.6 Å². The summed E-state index contributed by atoms with van der Waals surface area (Å²) in [4.78, 5) is 42.7. The van der Waals surface area contributed by atoms with Crippen LogP contribution in [0.1, 0.15) is 27.7 Å². The fourth-order valence-corrected chi connectivity index (χ4v) is 4.56. The lowest BCUT2D eigenvalue weighted by atomic mass is 9.86. The number of hydrogen-bond acceptors (Lipinski definition) is 9. The summed E-state index contributed by atoms with van der Waals surface area (Å²) in [6, 6.07) is 0. The molecule has 1 fully saturated rings. The smallest absolute Gasteiger partial charge is 0.355 e. The van der Waals surface area contributed by atoms with Gasteiger partial charge in [0, 0.05) is 24.8 Å². The summed E-state index contributed by atoms with van der Waals surface area (Å²) in [6.45, 7) is 7.63. The van der Waals surface area contributed by atoms with Crippen molar-refractivity contribution >= 4 is 35.4 Å². The van der Waals surface area contributed by atoms with E-state index < -0.39 is 34.4 Å². The van der Waals surface area contributed by atoms with E-state index in [9.17, 15) is 14.4 Å². The Morgan fingerprint density at radius 3 is 2.70 bits per heavy atom. The maximum Gasteiger partial charge on any atom is 0.355 e. The van der Waals surface area contributed by atoms with Gasteiger partial charge in [0.15, 0.2) is 5.54 Å². The van der Waals surface area contributed by atoms with E-state index in [1.54, 1.807) is 20.8 Å². The van der Waals surface area contributed by atoms with Gasteiger partial charge in [-0.05, 0) is 20.8 Å². The Hall–Kier alpha value is -2.07. The Balaban J connectivity index is 1.94. The van der Waals surface area contributed by atoms with E-state index in [0.717, 1.165) is 0 Å². The molecule has 0 saturated carbocycles. The number of nitrogens with zero attached hydrogens (tertiary/aromatic N) is 2. The number of ether oxygens (including phenoxy) is 2. The van der Waals surface area contributed by atoms with E-state index in [1.807, 2.05) is 0 Å². The number of amidine groups is 1. The zero-order chi connectivity index (χ0) is 20.0. The van der Waals surface area contributed by atoms with E-state index in [4.69, 9.17) is 15.2 Å². The Morgan fingerprint density at radius 1 is 1.44 bits per heavy atom. The molecular formula is C17H24N4O5S. The second-order valence-corrected chi connectivity index (χ2v) is 8.67. The molecule has 1 unspecified atom stereocenters. The molecule has 0 aromatic heterocycles. The number of amides is 1. The van der Waals surface area contributed by atoms with E-state index in [0.29, 0.717) is 30.3 Å². The van der Waals surface area contributed by atoms with Gasteiger partial charge >= 0.3 is 11.9 Å². The normalized spacial score (nSPS) is 27.4. The summed E-state index contributed by atoms with van der Waals surface area (Å²) in [5, 5.41) is 2.58. The van der Waals surface area contributed by atoms with Gasteiger partial charge < -0.3 is 20.5 Å². The first kappa shape index (κ1) is 19.7. The van der Waals surface area contributed by atoms with Crippen LogP contribution in [0.3, 0.4) is 0 Å². The molecule has 148 valence electrons. The fraction of sp³-hybridized carbons (Fsp3) is 0.647. The minimum absolute atomic E-state index is 0.0792. The molecule has 10 heteroatoms. The van der Waals surface area contributed by atoms with Crippen LogP contribution in [0.5, 0.6) is 0 Å². The highest BCUT2D eigenvalue weighted by Crippen LogP contribution is 2.46. The second-order valence-electron chi connectivity index (χ2n) is 7.60. The van der Waals surface area contributed by atoms with Crippen molar-refractivity contribution in [3.8, 4) is 0 Å². The van der Waals surface area contributed by atoms with Crippen molar-refractivity contribution in [1.82, 2.24) is 10.2 Å². The summed E-state index contributed by atoms with van der Waals surface area (Å²) >= 11 is 1.41. The zero-order valence-corrected chi connectivity index (χ0v) is 16.6. The summed E-state index contributed by atoms with van der Waals surface area (Å²) in [6.07, 6.45) is 0. The highest BCUT2D eigenvalue weighted by molar-refractivity contribution is 8.00. The third-order valence-corrected chi connectivity index (χ3v) is 5.71. The molecule has 3 aliphatic heterocycles. The summed E-state index contributed by atoms with van der Waals surface area (Å²) in [5.41, 5.74) is 5.01. The van der Waals surface area contributed by atoms with E-state index >= 15 is 0 Å². The van der Waals surface area contributed by atoms with Gasteiger partial charge in [0.1, 0.15) is 29.1 Å². The van der Waals surface area contributed by atoms with Crippen molar-refractivity contribution in [3.63, 3.8) is 0 Å². The van der Waals surface area contributed by atoms with Crippen LogP contribution in [-0.4, -0.2) is 70.5 Å². The number of thioether (sulfide) groups is 1. The maximum absolute atomic E-state index is 13.0. The monoisotopic (exact) mass is 396 g/mol. The molecule has 3 aliphatic rings. The van der Waals surface area contributed by atoms with Gasteiger partial charge in [-0.1, -0.05) is 0 Å². The number of aliphatic imine (C=N–C) groups is 1. The van der Waals surface area contributed by atoms with Gasteiger partial charge in [0.05, 0.1) is 6.54 Å². The predicted octanol–water partition coefficient (Wildman–Crippen LogP) is -0.240. The van der Waals surface area contributed by atoms with Crippen LogP contribution < -0.4 is 11.1 Å². The molecule has 9 nitrogen and oxygen atoms in total. The van der Waals surface area contributed by atoms with Gasteiger partial charge in [-0.15, -0.1) is 11.8 Å². The third kappa shape index (κ3) is 3.43. The zero-order valence-electron chi connectivity index (χ0n) is 15.8. The molecule has 0 aliphatic carbocycles. The van der Waals surface area contributed by atoms with Crippen molar-refractivity contribution in [2.45, 2.75) is 44.2 Å². The molecule has 1 amide bonds. The van der Waals surface area contributed by atoms with Gasteiger partial charge in [-0.25, -0.2) is 4.79 Å². The van der Waals surface area contributed by atoms with Crippen molar-refractivity contribution in [3.05, 3.63) is 11.3 Å². The molecule has 1 saturated heterocycles. The van der Waals surface area contributed by atoms with E-state index in [2.05, 4.69) is 10.3 Å². The number of carbonyl (C=O) groups excluding carboxylic acids is 3. The number of fused-ring (bicyclic) bond motifs is 1. The molecule has 27 heavy (non-hydrogen) atoms. The van der Waals surface area contributed by atoms with Crippen LogP contribution >= 0.6 is 11.8 Å². The average Bonchev–Trinajstić information content (AvgIpc) is 3.11. The lowest BCUT2D eigenvalue weighted by Crippen LogP contribution is -2.82. The molecule has 3 heterocycles. The highest BCUT2D eigenvalue weighted by atomic mass is 32.2. The Bertz CT molecular complexity index is 757. The topological polar surface area (TPSA) is 123 Å². The van der Waals surface area contributed by atoms with Crippen LogP contribution in [0.4, 0.5) is 0 Å². The first-order valence-electron chi connectivity index (χ1n) is 8.67. The Morgan fingerprint density at radius 2 is 2.15 bits per heavy atom. The number of rotatable bonds is 4. The number of nitrogens with two attached hydrogens (primary N) is 1. The van der Waals surface area contributed by atoms with Crippen molar-refractivity contribution in [1.29, 1.82) is 0 Å². The minimum atomic E-state index is -1.29. The van der Waals surface area contributed by atoms with Gasteiger partial charge in [0.2, 0.25) is 0 Å². The Kier molecular flexibility index (Phi) is 4.98. The second kappa shape index (κ2) is 6.83. The average molecular weight is 396 g/mol. The van der Waals surface area contributed by atoms with E-state index in [-0.39, 0.29) is 12.3 Å². The van der Waals surface area contributed by atoms with Gasteiger partial charge in [-0.2, -0.15) is 0 Å². The standard InChI is InChI=1S/C17H24N4O5S/c1-9(22)25-7-10-8-27-15-17(18,13-19-5-6-20-13)14(24)21(15)11(10)12(23)26-16(2,3)4/h15H,5-8,18H2,1-4H3,(H,19,20)/t15-,17?/m0/s1. The third-order valence-electron chi connectivity index (χ3n) is 4.30. The number of β-lactam (4-membered cyclic amide) rings is 1. The molecule has 0 aromatic carbocycles. The lowest BCUT2D eigenvalue weighted by Gasteiger charge is -2.55. The summed E-state index contributed by atoms with van der Waals surface area (Å²) < 4.78 is 10.5. The molecular weight excluding hydrogens is 372 g/mol. The van der Waals surface area contributed by atoms with Crippen LogP contribution in [0, 0.1) is 0 Å². The predicted molar refractivity (Wildman–Crippen MR) is 99.8 cm³/mol. The van der Waals surface area contributed by atoms with Crippen molar-refractivity contribution in [2.24, 2.45) is 10.7 Å². The number of carbonyl (C=O) groups is 3. The van der Waals surface area contributed by atoms with Crippen molar-refractivity contribution < 1.29 is 23.9 Å². The molecule has 0 radical (unpaired) electrons. The number of hydrogen-bond donors (Lipinski definition) is 2. The fourth-order valence-electron chi connectivity index (χ4n) is 3.15. The SMILES string of the molecule is CC(=O)OCC1=C(C(=O)OC(C)(C)C)N2C(=O)C(N)(C3=NCCN3)[C@@H]2SC1. The maximum atomic E-state index is 13.0. The largest absolute Gasteiger partial charge is 0.461 e. The highest BCUT2D eigenvalue weighted by Gasteiger charge is 2.66. The van der Waals surface area contributed by atoms with Gasteiger partial charge in [0.25, 0.3) is 5.91 Å². The minimum Gasteiger partial charge on any atom is -0.461 e. The molecule has 0 aromatic rings. The number of nitrogens with one attached hydrogen (secondary N) is 1. The molecule has 3 N–H and O–H groups in total. The quantitative estimate of drug-likeness (QED) is 0.493. The summed E-state index contributed by atoms with van der Waals surface area (Å²) in [7, 11) is 0. The first-order chi connectivity index (χ1) is 12.6. The van der Waals surface area contributed by atoms with Crippen molar-refractivity contribution in [2.75, 3.05) is 25.4 Å². The molecule has 0 spiro atoms. The molecule has 2 atom stereocenters. The lowest BCUT2D eigenvalue weighted by molar-refractivity contribution is -0.159. The summed E-state index contributed by atoms with van der Waals surface area (Å²) in [5.74, 6) is -0.678. The Labute approximate surface area is 161 Å². The first-order valence-corrected chi connectivity index (χ1v) is 9.72. The number of esters is 2. The molecule has 3 rings (SSSR count). The van der Waals surface area contributed by atoms with Crippen LogP contribution in [-0.2, 0) is 23.9 Å². The molecule has 0 bridgehead atoms.